The molecule has 0 saturated carbocycles. The zero-order valence-corrected chi connectivity index (χ0v) is 13.3. The summed E-state index contributed by atoms with van der Waals surface area (Å²) in [5, 5.41) is -0.0474. The number of rotatable bonds is 6. The molecule has 0 heterocycles. The maximum Gasteiger partial charge on any atom is 0.224 e. The van der Waals surface area contributed by atoms with Crippen LogP contribution in [0.2, 0.25) is 5.02 Å². The van der Waals surface area contributed by atoms with Gasteiger partial charge in [0, 0.05) is 38.7 Å². The minimum atomic E-state index is -0.539. The minimum Gasteiger partial charge on any atom is -0.343 e. The molecule has 0 atom stereocenters. The molecule has 6 heteroatoms. The van der Waals surface area contributed by atoms with Gasteiger partial charge in [-0.3, -0.25) is 9.59 Å². The molecule has 0 radical (unpaired) electrons. The van der Waals surface area contributed by atoms with Crippen LogP contribution in [0.3, 0.4) is 0 Å². The van der Waals surface area contributed by atoms with Crippen molar-refractivity contribution in [3.8, 4) is 0 Å². The number of hydrogen-bond acceptors (Lipinski definition) is 2. The van der Waals surface area contributed by atoms with Crippen LogP contribution in [0.15, 0.2) is 18.2 Å². The van der Waals surface area contributed by atoms with Crippen molar-refractivity contribution in [1.82, 2.24) is 4.90 Å². The van der Waals surface area contributed by atoms with E-state index in [0.717, 1.165) is 0 Å². The van der Waals surface area contributed by atoms with Gasteiger partial charge in [0.1, 0.15) is 5.82 Å². The first-order chi connectivity index (χ1) is 9.90. The topological polar surface area (TPSA) is 40.6 Å². The molecule has 0 saturated heterocycles. The monoisotopic (exact) mass is 314 g/mol. The first kappa shape index (κ1) is 17.4. The molecule has 0 bridgehead atoms. The van der Waals surface area contributed by atoms with Crippen LogP contribution in [0, 0.1) is 5.82 Å². The molecular formula is C15H20ClFN2O2. The van der Waals surface area contributed by atoms with Crippen molar-refractivity contribution in [3.63, 3.8) is 0 Å². The van der Waals surface area contributed by atoms with Crippen LogP contribution in [0.1, 0.15) is 27.2 Å². The fraction of sp³-hybridized carbons (Fsp3) is 0.467. The lowest BCUT2D eigenvalue weighted by Gasteiger charge is -2.24. The van der Waals surface area contributed by atoms with Gasteiger partial charge in [-0.25, -0.2) is 4.39 Å². The van der Waals surface area contributed by atoms with Crippen molar-refractivity contribution in [2.45, 2.75) is 27.2 Å². The van der Waals surface area contributed by atoms with Crippen LogP contribution in [0.5, 0.6) is 0 Å². The third-order valence-corrected chi connectivity index (χ3v) is 3.55. The number of amides is 2. The molecule has 1 rings (SSSR count). The molecule has 0 fully saturated rings. The van der Waals surface area contributed by atoms with Gasteiger partial charge in [-0.1, -0.05) is 11.6 Å². The molecule has 1 aromatic rings. The van der Waals surface area contributed by atoms with Crippen molar-refractivity contribution in [3.05, 3.63) is 29.0 Å². The SMILES string of the molecule is CCN(CC)C(=O)CCN(C(C)=O)c1ccc(F)c(Cl)c1. The van der Waals surface area contributed by atoms with E-state index in [1.807, 2.05) is 13.8 Å². The van der Waals surface area contributed by atoms with Crippen molar-refractivity contribution in [2.75, 3.05) is 24.5 Å². The number of carbonyl (C=O) groups is 2. The number of benzene rings is 1. The predicted octanol–water partition coefficient (Wildman–Crippen LogP) is 3.09. The molecule has 116 valence electrons. The summed E-state index contributed by atoms with van der Waals surface area (Å²) in [6.45, 7) is 6.73. The van der Waals surface area contributed by atoms with Gasteiger partial charge >= 0.3 is 0 Å². The smallest absolute Gasteiger partial charge is 0.224 e. The van der Waals surface area contributed by atoms with E-state index in [1.54, 1.807) is 4.90 Å². The van der Waals surface area contributed by atoms with Gasteiger partial charge in [0.25, 0.3) is 0 Å². The molecule has 21 heavy (non-hydrogen) atoms. The van der Waals surface area contributed by atoms with E-state index >= 15 is 0 Å². The van der Waals surface area contributed by atoms with E-state index in [0.29, 0.717) is 18.8 Å². The third-order valence-electron chi connectivity index (χ3n) is 3.26. The molecule has 0 N–H and O–H groups in total. The highest BCUT2D eigenvalue weighted by molar-refractivity contribution is 6.31. The normalized spacial score (nSPS) is 10.3. The fourth-order valence-electron chi connectivity index (χ4n) is 2.06. The molecule has 4 nitrogen and oxygen atoms in total. The lowest BCUT2D eigenvalue weighted by atomic mass is 10.2. The van der Waals surface area contributed by atoms with Crippen LogP contribution >= 0.6 is 11.6 Å². The van der Waals surface area contributed by atoms with Gasteiger partial charge < -0.3 is 9.80 Å². The summed E-state index contributed by atoms with van der Waals surface area (Å²) in [5.74, 6) is -0.771. The molecule has 0 aliphatic heterocycles. The van der Waals surface area contributed by atoms with E-state index in [1.165, 1.54) is 30.0 Å². The Morgan fingerprint density at radius 2 is 1.86 bits per heavy atom. The zero-order chi connectivity index (χ0) is 16.0. The van der Waals surface area contributed by atoms with Gasteiger partial charge in [0.05, 0.1) is 5.02 Å². The lowest BCUT2D eigenvalue weighted by Crippen LogP contribution is -2.36. The van der Waals surface area contributed by atoms with Crippen LogP contribution in [-0.2, 0) is 9.59 Å². The second-order valence-electron chi connectivity index (χ2n) is 4.59. The van der Waals surface area contributed by atoms with Gasteiger partial charge in [-0.15, -0.1) is 0 Å². The Hall–Kier alpha value is -1.62. The van der Waals surface area contributed by atoms with Crippen molar-refractivity contribution in [2.24, 2.45) is 0 Å². The first-order valence-electron chi connectivity index (χ1n) is 6.91. The summed E-state index contributed by atoms with van der Waals surface area (Å²) in [6.07, 6.45) is 0.219. The number of halogens is 2. The summed E-state index contributed by atoms with van der Waals surface area (Å²) >= 11 is 5.73. The molecule has 0 aromatic heterocycles. The van der Waals surface area contributed by atoms with Gasteiger partial charge in [0.2, 0.25) is 11.8 Å². The average Bonchev–Trinajstić information content (AvgIpc) is 2.43. The summed E-state index contributed by atoms with van der Waals surface area (Å²) in [6, 6.07) is 4.07. The predicted molar refractivity (Wildman–Crippen MR) is 82.0 cm³/mol. The minimum absolute atomic E-state index is 0.0144. The molecule has 0 aliphatic rings. The second kappa shape index (κ2) is 7.98. The Labute approximate surface area is 129 Å². The summed E-state index contributed by atoms with van der Waals surface area (Å²) in [5.41, 5.74) is 0.487. The van der Waals surface area contributed by atoms with Crippen LogP contribution in [-0.4, -0.2) is 36.3 Å². The van der Waals surface area contributed by atoms with Gasteiger partial charge in [-0.2, -0.15) is 0 Å². The summed E-state index contributed by atoms with van der Waals surface area (Å²) < 4.78 is 13.2. The molecule has 0 aliphatic carbocycles. The van der Waals surface area contributed by atoms with Crippen LogP contribution in [0.4, 0.5) is 10.1 Å². The highest BCUT2D eigenvalue weighted by Crippen LogP contribution is 2.23. The van der Waals surface area contributed by atoms with E-state index in [4.69, 9.17) is 11.6 Å². The largest absolute Gasteiger partial charge is 0.343 e. The summed E-state index contributed by atoms with van der Waals surface area (Å²) in [4.78, 5) is 26.8. The molecule has 1 aromatic carbocycles. The standard InChI is InChI=1S/C15H20ClFN2O2/c1-4-18(5-2)15(21)8-9-19(11(3)20)12-6-7-14(17)13(16)10-12/h6-7,10H,4-5,8-9H2,1-3H3. The second-order valence-corrected chi connectivity index (χ2v) is 4.99. The fourth-order valence-corrected chi connectivity index (χ4v) is 2.24. The third kappa shape index (κ3) is 4.70. The highest BCUT2D eigenvalue weighted by atomic mass is 35.5. The number of nitrogens with zero attached hydrogens (tertiary/aromatic N) is 2. The lowest BCUT2D eigenvalue weighted by molar-refractivity contribution is -0.130. The quantitative estimate of drug-likeness (QED) is 0.809. The molecular weight excluding hydrogens is 295 g/mol. The van der Waals surface area contributed by atoms with Crippen molar-refractivity contribution in [1.29, 1.82) is 0 Å². The summed E-state index contributed by atoms with van der Waals surface area (Å²) in [7, 11) is 0. The first-order valence-corrected chi connectivity index (χ1v) is 7.29. The Kier molecular flexibility index (Phi) is 6.62. The van der Waals surface area contributed by atoms with E-state index < -0.39 is 5.82 Å². The van der Waals surface area contributed by atoms with Crippen molar-refractivity contribution < 1.29 is 14.0 Å². The molecule has 0 spiro atoms. The average molecular weight is 315 g/mol. The Balaban J connectivity index is 2.81. The Bertz CT molecular complexity index is 518. The molecule has 0 unspecified atom stereocenters. The van der Waals surface area contributed by atoms with E-state index in [9.17, 15) is 14.0 Å². The highest BCUT2D eigenvalue weighted by Gasteiger charge is 2.16. The van der Waals surface area contributed by atoms with E-state index in [2.05, 4.69) is 0 Å². The van der Waals surface area contributed by atoms with Crippen LogP contribution in [0.25, 0.3) is 0 Å². The van der Waals surface area contributed by atoms with E-state index in [-0.39, 0.29) is 29.8 Å². The number of carbonyl (C=O) groups excluding carboxylic acids is 2. The van der Waals surface area contributed by atoms with Crippen molar-refractivity contribution >= 4 is 29.1 Å². The van der Waals surface area contributed by atoms with Gasteiger partial charge in [0.15, 0.2) is 0 Å². The number of hydrogen-bond donors (Lipinski definition) is 0. The van der Waals surface area contributed by atoms with Crippen LogP contribution < -0.4 is 4.90 Å². The van der Waals surface area contributed by atoms with Gasteiger partial charge in [-0.05, 0) is 32.0 Å². The zero-order valence-electron chi connectivity index (χ0n) is 12.5. The maximum atomic E-state index is 13.2. The maximum absolute atomic E-state index is 13.2. The Morgan fingerprint density at radius 1 is 1.24 bits per heavy atom. The number of anilines is 1. The Morgan fingerprint density at radius 3 is 2.33 bits per heavy atom. The molecule has 2 amide bonds.